The van der Waals surface area contributed by atoms with Gasteiger partial charge in [-0.25, -0.2) is 0 Å². The van der Waals surface area contributed by atoms with Crippen LogP contribution in [-0.4, -0.2) is 47.7 Å². The van der Waals surface area contributed by atoms with E-state index in [0.717, 1.165) is 12.5 Å². The number of hydrogen-bond donors (Lipinski definition) is 2. The van der Waals surface area contributed by atoms with Crippen molar-refractivity contribution >= 4 is 5.91 Å². The summed E-state index contributed by atoms with van der Waals surface area (Å²) in [6, 6.07) is 0. The van der Waals surface area contributed by atoms with E-state index in [1.54, 1.807) is 11.8 Å². The lowest BCUT2D eigenvalue weighted by atomic mass is 9.97. The largest absolute Gasteiger partial charge is 0.386 e. The van der Waals surface area contributed by atoms with Crippen LogP contribution in [0.25, 0.3) is 0 Å². The molecule has 2 fully saturated rings. The number of carbonyl (C=O) groups excluding carboxylic acids is 1. The van der Waals surface area contributed by atoms with Gasteiger partial charge in [0, 0.05) is 0 Å². The molecule has 0 spiro atoms. The molecule has 0 aromatic heterocycles. The summed E-state index contributed by atoms with van der Waals surface area (Å²) >= 11 is 0. The molecule has 1 saturated heterocycles. The summed E-state index contributed by atoms with van der Waals surface area (Å²) in [6.45, 7) is 4.12. The average molecular weight is 198 g/mol. The van der Waals surface area contributed by atoms with Crippen LogP contribution in [0.3, 0.4) is 0 Å². The highest BCUT2D eigenvalue weighted by Gasteiger charge is 2.38. The molecule has 2 aliphatic rings. The number of β-amino-alcohol motifs (C(OH)–C–C–N with tert-alkyl or cyclic N) is 1. The number of hydrogen-bond acceptors (Lipinski definition) is 3. The van der Waals surface area contributed by atoms with E-state index in [0.29, 0.717) is 19.6 Å². The van der Waals surface area contributed by atoms with Crippen LogP contribution in [0.4, 0.5) is 0 Å². The maximum atomic E-state index is 11.5. The molecular formula is C10H18N2O2. The molecule has 0 unspecified atom stereocenters. The Morgan fingerprint density at radius 2 is 2.21 bits per heavy atom. The van der Waals surface area contributed by atoms with E-state index in [4.69, 9.17) is 0 Å². The molecule has 14 heavy (non-hydrogen) atoms. The van der Waals surface area contributed by atoms with Gasteiger partial charge < -0.3 is 15.3 Å². The van der Waals surface area contributed by atoms with E-state index >= 15 is 0 Å². The Morgan fingerprint density at radius 3 is 2.71 bits per heavy atom. The van der Waals surface area contributed by atoms with Crippen LogP contribution in [-0.2, 0) is 4.79 Å². The molecule has 1 heterocycles. The third kappa shape index (κ3) is 2.45. The molecule has 1 saturated carbocycles. The fourth-order valence-corrected chi connectivity index (χ4v) is 1.77. The lowest BCUT2D eigenvalue weighted by Crippen LogP contribution is -2.63. The molecule has 1 aliphatic carbocycles. The summed E-state index contributed by atoms with van der Waals surface area (Å²) in [7, 11) is 0. The number of nitrogens with one attached hydrogen (secondary N) is 1. The second-order valence-corrected chi connectivity index (χ2v) is 4.82. The number of aliphatic hydroxyl groups is 1. The molecule has 1 aliphatic heterocycles. The van der Waals surface area contributed by atoms with E-state index in [1.165, 1.54) is 12.8 Å². The first-order valence-corrected chi connectivity index (χ1v) is 5.28. The summed E-state index contributed by atoms with van der Waals surface area (Å²) in [5, 5.41) is 12.6. The van der Waals surface area contributed by atoms with Gasteiger partial charge in [-0.15, -0.1) is 0 Å². The average Bonchev–Trinajstić information content (AvgIpc) is 2.83. The van der Waals surface area contributed by atoms with Gasteiger partial charge in [-0.2, -0.15) is 0 Å². The van der Waals surface area contributed by atoms with Crippen LogP contribution < -0.4 is 5.32 Å². The van der Waals surface area contributed by atoms with Crippen molar-refractivity contribution in [3.05, 3.63) is 0 Å². The first kappa shape index (κ1) is 9.93. The van der Waals surface area contributed by atoms with Crippen LogP contribution in [0.2, 0.25) is 0 Å². The minimum atomic E-state index is -0.647. The standard InChI is InChI=1S/C10H18N2O2/c1-10(14)6-12(7-10)9(13)5-11-4-8-2-3-8/h8,11,14H,2-7H2,1H3. The Hall–Kier alpha value is -0.610. The van der Waals surface area contributed by atoms with Crippen molar-refractivity contribution < 1.29 is 9.90 Å². The van der Waals surface area contributed by atoms with Gasteiger partial charge in [0.25, 0.3) is 0 Å². The van der Waals surface area contributed by atoms with Crippen molar-refractivity contribution in [2.75, 3.05) is 26.2 Å². The van der Waals surface area contributed by atoms with Crippen molar-refractivity contribution in [3.63, 3.8) is 0 Å². The van der Waals surface area contributed by atoms with E-state index in [9.17, 15) is 9.90 Å². The molecule has 4 heteroatoms. The van der Waals surface area contributed by atoms with Crippen molar-refractivity contribution in [2.45, 2.75) is 25.4 Å². The summed E-state index contributed by atoms with van der Waals surface area (Å²) in [5.41, 5.74) is -0.647. The van der Waals surface area contributed by atoms with Crippen molar-refractivity contribution in [1.82, 2.24) is 10.2 Å². The summed E-state index contributed by atoms with van der Waals surface area (Å²) in [4.78, 5) is 13.2. The van der Waals surface area contributed by atoms with Crippen LogP contribution in [0.15, 0.2) is 0 Å². The zero-order valence-corrected chi connectivity index (χ0v) is 8.62. The van der Waals surface area contributed by atoms with E-state index in [-0.39, 0.29) is 5.91 Å². The fourth-order valence-electron chi connectivity index (χ4n) is 1.77. The van der Waals surface area contributed by atoms with Gasteiger partial charge in [-0.05, 0) is 32.2 Å². The van der Waals surface area contributed by atoms with E-state index < -0.39 is 5.60 Å². The second-order valence-electron chi connectivity index (χ2n) is 4.82. The number of amides is 1. The summed E-state index contributed by atoms with van der Waals surface area (Å²) in [5.74, 6) is 0.916. The Labute approximate surface area is 84.3 Å². The van der Waals surface area contributed by atoms with Gasteiger partial charge >= 0.3 is 0 Å². The number of nitrogens with zero attached hydrogens (tertiary/aromatic N) is 1. The molecule has 1 amide bonds. The predicted molar refractivity (Wildman–Crippen MR) is 52.8 cm³/mol. The molecule has 0 aromatic carbocycles. The monoisotopic (exact) mass is 198 g/mol. The summed E-state index contributed by atoms with van der Waals surface area (Å²) in [6.07, 6.45) is 2.61. The molecule has 0 radical (unpaired) electrons. The Morgan fingerprint density at radius 1 is 1.57 bits per heavy atom. The predicted octanol–water partition coefficient (Wildman–Crippen LogP) is -0.421. The van der Waals surface area contributed by atoms with E-state index in [2.05, 4.69) is 5.32 Å². The third-order valence-corrected chi connectivity index (χ3v) is 2.82. The Kier molecular flexibility index (Phi) is 2.49. The van der Waals surface area contributed by atoms with Crippen molar-refractivity contribution in [1.29, 1.82) is 0 Å². The lowest BCUT2D eigenvalue weighted by molar-refractivity contribution is -0.151. The zero-order chi connectivity index (χ0) is 10.2. The number of carbonyl (C=O) groups is 1. The smallest absolute Gasteiger partial charge is 0.236 e. The zero-order valence-electron chi connectivity index (χ0n) is 8.62. The van der Waals surface area contributed by atoms with Gasteiger partial charge in [0.1, 0.15) is 0 Å². The SMILES string of the molecule is CC1(O)CN(C(=O)CNCC2CC2)C1. The van der Waals surface area contributed by atoms with Crippen LogP contribution in [0.1, 0.15) is 19.8 Å². The molecule has 2 rings (SSSR count). The molecule has 80 valence electrons. The topological polar surface area (TPSA) is 52.6 Å². The van der Waals surface area contributed by atoms with Crippen molar-refractivity contribution in [3.8, 4) is 0 Å². The Bertz CT molecular complexity index is 228. The van der Waals surface area contributed by atoms with Crippen molar-refractivity contribution in [2.24, 2.45) is 5.92 Å². The highest BCUT2D eigenvalue weighted by atomic mass is 16.3. The highest BCUT2D eigenvalue weighted by molar-refractivity contribution is 5.79. The van der Waals surface area contributed by atoms with Gasteiger partial charge in [-0.3, -0.25) is 4.79 Å². The second kappa shape index (κ2) is 3.51. The molecule has 2 N–H and O–H groups in total. The molecule has 0 aromatic rings. The molecule has 0 atom stereocenters. The Balaban J connectivity index is 1.59. The van der Waals surface area contributed by atoms with Crippen LogP contribution >= 0.6 is 0 Å². The van der Waals surface area contributed by atoms with Crippen LogP contribution in [0, 0.1) is 5.92 Å². The summed E-state index contributed by atoms with van der Waals surface area (Å²) < 4.78 is 0. The van der Waals surface area contributed by atoms with Gasteiger partial charge in [0.2, 0.25) is 5.91 Å². The quantitative estimate of drug-likeness (QED) is 0.645. The van der Waals surface area contributed by atoms with Gasteiger partial charge in [0.05, 0.1) is 25.2 Å². The maximum absolute atomic E-state index is 11.5. The van der Waals surface area contributed by atoms with Gasteiger partial charge in [0.15, 0.2) is 0 Å². The first-order valence-electron chi connectivity index (χ1n) is 5.28. The maximum Gasteiger partial charge on any atom is 0.236 e. The fraction of sp³-hybridized carbons (Fsp3) is 0.900. The number of rotatable bonds is 4. The number of likely N-dealkylation sites (tertiary alicyclic amines) is 1. The normalized spacial score (nSPS) is 24.6. The minimum absolute atomic E-state index is 0.108. The first-order chi connectivity index (χ1) is 6.57. The molecule has 0 bridgehead atoms. The minimum Gasteiger partial charge on any atom is -0.386 e. The molecule has 4 nitrogen and oxygen atoms in total. The highest BCUT2D eigenvalue weighted by Crippen LogP contribution is 2.27. The third-order valence-electron chi connectivity index (χ3n) is 2.82. The van der Waals surface area contributed by atoms with E-state index in [1.807, 2.05) is 0 Å². The van der Waals surface area contributed by atoms with Gasteiger partial charge in [-0.1, -0.05) is 0 Å². The lowest BCUT2D eigenvalue weighted by Gasteiger charge is -2.44. The van der Waals surface area contributed by atoms with Crippen LogP contribution in [0.5, 0.6) is 0 Å². The molecular weight excluding hydrogens is 180 g/mol.